The lowest BCUT2D eigenvalue weighted by atomic mass is 10.3. The van der Waals surface area contributed by atoms with Crippen molar-refractivity contribution in [3.8, 4) is 0 Å². The van der Waals surface area contributed by atoms with Crippen molar-refractivity contribution in [1.29, 1.82) is 0 Å². The minimum Gasteiger partial charge on any atom is -0.465 e. The third-order valence-electron chi connectivity index (χ3n) is 2.34. The number of nitrogens with zero attached hydrogens (tertiary/aromatic N) is 2. The van der Waals surface area contributed by atoms with E-state index in [1.807, 2.05) is 13.0 Å². The summed E-state index contributed by atoms with van der Waals surface area (Å²) in [5, 5.41) is 0. The molecule has 2 heterocycles. The molecule has 0 aromatic carbocycles. The molecule has 0 aliphatic heterocycles. The lowest BCUT2D eigenvalue weighted by molar-refractivity contribution is -0.143. The minimum atomic E-state index is -0.313. The van der Waals surface area contributed by atoms with Crippen molar-refractivity contribution in [3.05, 3.63) is 22.6 Å². The van der Waals surface area contributed by atoms with Gasteiger partial charge in [0.15, 0.2) is 10.4 Å². The van der Waals surface area contributed by atoms with E-state index in [1.54, 1.807) is 17.7 Å². The van der Waals surface area contributed by atoms with Gasteiger partial charge in [0.05, 0.1) is 12.1 Å². The van der Waals surface area contributed by atoms with Crippen molar-refractivity contribution in [2.24, 2.45) is 0 Å². The maximum Gasteiger partial charge on any atom is 0.326 e. The molecule has 0 aliphatic carbocycles. The van der Waals surface area contributed by atoms with Gasteiger partial charge < -0.3 is 9.72 Å². The van der Waals surface area contributed by atoms with Crippen LogP contribution >= 0.6 is 12.2 Å². The first-order chi connectivity index (χ1) is 8.11. The maximum absolute atomic E-state index is 11.4. The molecule has 6 heteroatoms. The zero-order valence-corrected chi connectivity index (χ0v) is 10.5. The second-order valence-electron chi connectivity index (χ2n) is 3.71. The highest BCUT2D eigenvalue weighted by Gasteiger charge is 2.10. The summed E-state index contributed by atoms with van der Waals surface area (Å²) in [5.74, 6) is -0.313. The number of rotatable bonds is 3. The van der Waals surface area contributed by atoms with Gasteiger partial charge >= 0.3 is 5.97 Å². The van der Waals surface area contributed by atoms with E-state index in [2.05, 4.69) is 9.97 Å². The number of H-pyrrole nitrogens is 1. The predicted molar refractivity (Wildman–Crippen MR) is 66.3 cm³/mol. The van der Waals surface area contributed by atoms with Crippen LogP contribution in [-0.2, 0) is 16.1 Å². The van der Waals surface area contributed by atoms with E-state index >= 15 is 0 Å². The number of imidazole rings is 1. The number of esters is 1. The number of carbonyl (C=O) groups excluding carboxylic acids is 1. The van der Waals surface area contributed by atoms with Crippen LogP contribution in [0.25, 0.3) is 11.2 Å². The second kappa shape index (κ2) is 4.67. The molecular formula is C11H13N3O2S. The number of hydrogen-bond acceptors (Lipinski definition) is 4. The zero-order valence-electron chi connectivity index (χ0n) is 9.69. The first-order valence-corrected chi connectivity index (χ1v) is 5.73. The van der Waals surface area contributed by atoms with E-state index in [-0.39, 0.29) is 12.5 Å². The molecule has 2 aromatic heterocycles. The number of ether oxygens (including phenoxy) is 1. The van der Waals surface area contributed by atoms with E-state index in [1.165, 1.54) is 0 Å². The van der Waals surface area contributed by atoms with Crippen LogP contribution in [0.15, 0.2) is 12.3 Å². The number of aryl methyl sites for hydroxylation is 1. The maximum atomic E-state index is 11.4. The molecule has 0 radical (unpaired) electrons. The molecule has 0 saturated carbocycles. The molecule has 0 amide bonds. The van der Waals surface area contributed by atoms with Crippen molar-refractivity contribution < 1.29 is 9.53 Å². The number of aromatic nitrogens is 3. The highest BCUT2D eigenvalue weighted by Crippen LogP contribution is 2.12. The Balaban J connectivity index is 2.43. The van der Waals surface area contributed by atoms with Crippen LogP contribution in [0.1, 0.15) is 12.5 Å². The van der Waals surface area contributed by atoms with E-state index in [9.17, 15) is 4.79 Å². The predicted octanol–water partition coefficient (Wildman–Crippen LogP) is 1.97. The molecule has 0 bridgehead atoms. The Hall–Kier alpha value is -1.69. The summed E-state index contributed by atoms with van der Waals surface area (Å²) < 4.78 is 7.01. The Morgan fingerprint density at radius 1 is 1.65 bits per heavy atom. The summed E-state index contributed by atoms with van der Waals surface area (Å²) in [5.41, 5.74) is 2.55. The van der Waals surface area contributed by atoms with Gasteiger partial charge in [-0.1, -0.05) is 0 Å². The van der Waals surface area contributed by atoms with Crippen molar-refractivity contribution in [3.63, 3.8) is 0 Å². The smallest absolute Gasteiger partial charge is 0.326 e. The van der Waals surface area contributed by atoms with Gasteiger partial charge in [-0.25, -0.2) is 4.98 Å². The summed E-state index contributed by atoms with van der Waals surface area (Å²) in [7, 11) is 0. The highest BCUT2D eigenvalue weighted by molar-refractivity contribution is 7.71. The molecule has 5 nitrogen and oxygen atoms in total. The lowest BCUT2D eigenvalue weighted by Gasteiger charge is -2.03. The molecule has 0 spiro atoms. The topological polar surface area (TPSA) is 59.9 Å². The molecule has 90 valence electrons. The third kappa shape index (κ3) is 2.36. The van der Waals surface area contributed by atoms with E-state index in [4.69, 9.17) is 17.0 Å². The van der Waals surface area contributed by atoms with Gasteiger partial charge in [-0.05, 0) is 37.7 Å². The number of fused-ring (bicyclic) bond motifs is 1. The fourth-order valence-corrected chi connectivity index (χ4v) is 1.89. The molecule has 0 aliphatic rings. The SMILES string of the molecule is CCOC(=O)Cn1c(=S)[nH]c2cc(C)cnc21. The summed E-state index contributed by atoms with van der Waals surface area (Å²) in [6.07, 6.45) is 1.74. The zero-order chi connectivity index (χ0) is 12.4. The van der Waals surface area contributed by atoms with Gasteiger partial charge in [0.2, 0.25) is 0 Å². The summed E-state index contributed by atoms with van der Waals surface area (Å²) in [6, 6.07) is 1.94. The number of carbonyl (C=O) groups is 1. The quantitative estimate of drug-likeness (QED) is 0.669. The van der Waals surface area contributed by atoms with Crippen molar-refractivity contribution in [2.75, 3.05) is 6.61 Å². The van der Waals surface area contributed by atoms with Crippen LogP contribution in [0.2, 0.25) is 0 Å². The number of nitrogens with one attached hydrogen (secondary N) is 1. The first kappa shape index (κ1) is 11.8. The number of hydrogen-bond donors (Lipinski definition) is 1. The minimum absolute atomic E-state index is 0.0860. The Morgan fingerprint density at radius 3 is 3.12 bits per heavy atom. The van der Waals surface area contributed by atoms with Crippen LogP contribution in [0.5, 0.6) is 0 Å². The summed E-state index contributed by atoms with van der Waals surface area (Å²) in [6.45, 7) is 4.17. The fourth-order valence-electron chi connectivity index (χ4n) is 1.63. The normalized spacial score (nSPS) is 10.7. The number of aromatic amines is 1. The van der Waals surface area contributed by atoms with Crippen LogP contribution in [-0.4, -0.2) is 27.1 Å². The lowest BCUT2D eigenvalue weighted by Crippen LogP contribution is -2.13. The Kier molecular flexibility index (Phi) is 3.23. The molecule has 2 rings (SSSR count). The van der Waals surface area contributed by atoms with E-state index in [0.717, 1.165) is 11.1 Å². The molecule has 2 aromatic rings. The van der Waals surface area contributed by atoms with Crippen LogP contribution in [0, 0.1) is 11.7 Å². The van der Waals surface area contributed by atoms with E-state index < -0.39 is 0 Å². The molecule has 17 heavy (non-hydrogen) atoms. The second-order valence-corrected chi connectivity index (χ2v) is 4.09. The van der Waals surface area contributed by atoms with Crippen molar-refractivity contribution in [2.45, 2.75) is 20.4 Å². The van der Waals surface area contributed by atoms with E-state index in [0.29, 0.717) is 17.0 Å². The highest BCUT2D eigenvalue weighted by atomic mass is 32.1. The van der Waals surface area contributed by atoms with Gasteiger partial charge in [0.25, 0.3) is 0 Å². The average Bonchev–Trinajstić information content (AvgIpc) is 2.55. The van der Waals surface area contributed by atoms with Gasteiger partial charge in [-0.3, -0.25) is 9.36 Å². The summed E-state index contributed by atoms with van der Waals surface area (Å²) in [4.78, 5) is 18.7. The third-order valence-corrected chi connectivity index (χ3v) is 2.66. The first-order valence-electron chi connectivity index (χ1n) is 5.32. The summed E-state index contributed by atoms with van der Waals surface area (Å²) >= 11 is 5.16. The monoisotopic (exact) mass is 251 g/mol. The largest absolute Gasteiger partial charge is 0.465 e. The standard InChI is InChI=1S/C11H13N3O2S/c1-3-16-9(15)6-14-10-8(13-11(14)17)4-7(2)5-12-10/h4-5H,3,6H2,1-2H3,(H,13,17). The molecule has 1 N–H and O–H groups in total. The Labute approximate surface area is 103 Å². The molecular weight excluding hydrogens is 238 g/mol. The van der Waals surface area contributed by atoms with Crippen molar-refractivity contribution >= 4 is 29.4 Å². The van der Waals surface area contributed by atoms with Crippen molar-refractivity contribution in [1.82, 2.24) is 14.5 Å². The van der Waals surface area contributed by atoms with Gasteiger partial charge in [0, 0.05) is 6.20 Å². The van der Waals surface area contributed by atoms with Gasteiger partial charge in [0.1, 0.15) is 6.54 Å². The molecule has 0 unspecified atom stereocenters. The fraction of sp³-hybridized carbons (Fsp3) is 0.364. The van der Waals surface area contributed by atoms with Gasteiger partial charge in [-0.2, -0.15) is 0 Å². The number of pyridine rings is 1. The van der Waals surface area contributed by atoms with Crippen LogP contribution in [0.3, 0.4) is 0 Å². The van der Waals surface area contributed by atoms with Gasteiger partial charge in [-0.15, -0.1) is 0 Å². The molecule has 0 fully saturated rings. The molecule has 0 atom stereocenters. The van der Waals surface area contributed by atoms with Crippen LogP contribution < -0.4 is 0 Å². The molecule has 0 saturated heterocycles. The Bertz CT molecular complexity index is 615. The average molecular weight is 251 g/mol. The van der Waals surface area contributed by atoms with Crippen LogP contribution in [0.4, 0.5) is 0 Å². The Morgan fingerprint density at radius 2 is 2.41 bits per heavy atom.